The van der Waals surface area contributed by atoms with E-state index in [9.17, 15) is 18.3 Å². The molecule has 3 rings (SSSR count). The number of hydrogen-bond acceptors (Lipinski definition) is 5. The first-order valence-corrected chi connectivity index (χ1v) is 10.8. The summed E-state index contributed by atoms with van der Waals surface area (Å²) in [4.78, 5) is 11.8. The average molecular weight is 419 g/mol. The standard InChI is InChI=1S/C21H25NO6S/c1-14-3-9-19(10-4-14)29(25,26)22-20(21(23)24)16-12-18(28-13-16)11-15-5-7-17(27-2)8-6-15/h3-10,16,18,20,22H,11-13H2,1-2H3,(H,23,24)/t16-,18-,20+/m0/s1. The van der Waals surface area contributed by atoms with E-state index in [0.717, 1.165) is 16.9 Å². The van der Waals surface area contributed by atoms with Crippen molar-refractivity contribution in [2.75, 3.05) is 13.7 Å². The second-order valence-corrected chi connectivity index (χ2v) is 8.97. The SMILES string of the molecule is COc1ccc(C[C@H]2C[C@H]([C@@H](NS(=O)(=O)c3ccc(C)cc3)C(=O)O)CO2)cc1. The number of rotatable bonds is 8. The van der Waals surface area contributed by atoms with Crippen molar-refractivity contribution in [2.45, 2.75) is 36.8 Å². The molecule has 0 bridgehead atoms. The maximum Gasteiger partial charge on any atom is 0.322 e. The lowest BCUT2D eigenvalue weighted by molar-refractivity contribution is -0.140. The van der Waals surface area contributed by atoms with E-state index in [0.29, 0.717) is 12.8 Å². The molecule has 2 aromatic carbocycles. The number of aliphatic carboxylic acids is 1. The molecule has 1 saturated heterocycles. The van der Waals surface area contributed by atoms with E-state index in [1.54, 1.807) is 19.2 Å². The monoisotopic (exact) mass is 419 g/mol. The number of aryl methyl sites for hydroxylation is 1. The zero-order chi connectivity index (χ0) is 21.0. The van der Waals surface area contributed by atoms with E-state index < -0.39 is 28.0 Å². The molecule has 0 aliphatic carbocycles. The molecule has 8 heteroatoms. The predicted molar refractivity (Wildman–Crippen MR) is 107 cm³/mol. The Bertz CT molecular complexity index is 940. The van der Waals surface area contributed by atoms with Crippen LogP contribution in [0, 0.1) is 12.8 Å². The Balaban J connectivity index is 1.66. The lowest BCUT2D eigenvalue weighted by Crippen LogP contribution is -2.46. The first-order chi connectivity index (χ1) is 13.8. The fourth-order valence-electron chi connectivity index (χ4n) is 3.43. The van der Waals surface area contributed by atoms with Gasteiger partial charge in [-0.2, -0.15) is 4.72 Å². The lowest BCUT2D eigenvalue weighted by Gasteiger charge is -2.20. The van der Waals surface area contributed by atoms with Gasteiger partial charge < -0.3 is 14.6 Å². The van der Waals surface area contributed by atoms with Gasteiger partial charge in [0.25, 0.3) is 0 Å². The van der Waals surface area contributed by atoms with Gasteiger partial charge >= 0.3 is 5.97 Å². The van der Waals surface area contributed by atoms with Crippen LogP contribution in [0.15, 0.2) is 53.4 Å². The normalized spacial score (nSPS) is 20.3. The number of benzene rings is 2. The van der Waals surface area contributed by atoms with E-state index in [2.05, 4.69) is 4.72 Å². The van der Waals surface area contributed by atoms with Crippen LogP contribution in [-0.4, -0.2) is 45.4 Å². The number of ether oxygens (including phenoxy) is 2. The summed E-state index contributed by atoms with van der Waals surface area (Å²) in [6.07, 6.45) is 0.913. The van der Waals surface area contributed by atoms with Gasteiger partial charge in [-0.05, 0) is 49.6 Å². The van der Waals surface area contributed by atoms with Crippen LogP contribution in [0.25, 0.3) is 0 Å². The molecule has 0 saturated carbocycles. The van der Waals surface area contributed by atoms with Crippen molar-refractivity contribution < 1.29 is 27.8 Å². The van der Waals surface area contributed by atoms with Crippen LogP contribution in [0.4, 0.5) is 0 Å². The van der Waals surface area contributed by atoms with Crippen LogP contribution in [0.5, 0.6) is 5.75 Å². The molecule has 1 aliphatic rings. The van der Waals surface area contributed by atoms with Crippen LogP contribution >= 0.6 is 0 Å². The van der Waals surface area contributed by atoms with Gasteiger partial charge in [0.2, 0.25) is 10.0 Å². The highest BCUT2D eigenvalue weighted by Crippen LogP contribution is 2.27. The Labute approximate surface area is 170 Å². The summed E-state index contributed by atoms with van der Waals surface area (Å²) < 4.78 is 38.5. The largest absolute Gasteiger partial charge is 0.497 e. The molecule has 1 aliphatic heterocycles. The molecule has 0 unspecified atom stereocenters. The predicted octanol–water partition coefficient (Wildman–Crippen LogP) is 2.38. The summed E-state index contributed by atoms with van der Waals surface area (Å²) in [5.74, 6) is -0.897. The number of nitrogens with one attached hydrogen (secondary N) is 1. The molecule has 0 amide bonds. The van der Waals surface area contributed by atoms with Gasteiger partial charge in [-0.15, -0.1) is 0 Å². The zero-order valence-electron chi connectivity index (χ0n) is 16.4. The highest BCUT2D eigenvalue weighted by Gasteiger charge is 2.38. The molecule has 0 radical (unpaired) electrons. The summed E-state index contributed by atoms with van der Waals surface area (Å²) in [5.41, 5.74) is 1.97. The number of hydrogen-bond donors (Lipinski definition) is 2. The molecule has 1 heterocycles. The molecule has 29 heavy (non-hydrogen) atoms. The van der Waals surface area contributed by atoms with E-state index in [1.807, 2.05) is 31.2 Å². The van der Waals surface area contributed by atoms with Crippen molar-refractivity contribution in [1.29, 1.82) is 0 Å². The van der Waals surface area contributed by atoms with Gasteiger partial charge in [-0.25, -0.2) is 8.42 Å². The summed E-state index contributed by atoms with van der Waals surface area (Å²) in [6, 6.07) is 12.6. The van der Waals surface area contributed by atoms with Gasteiger partial charge in [-0.3, -0.25) is 4.79 Å². The molecule has 7 nitrogen and oxygen atoms in total. The van der Waals surface area contributed by atoms with E-state index >= 15 is 0 Å². The van der Waals surface area contributed by atoms with Crippen molar-refractivity contribution in [1.82, 2.24) is 4.72 Å². The van der Waals surface area contributed by atoms with E-state index in [4.69, 9.17) is 9.47 Å². The van der Waals surface area contributed by atoms with Crippen molar-refractivity contribution >= 4 is 16.0 Å². The Kier molecular flexibility index (Phi) is 6.56. The Morgan fingerprint density at radius 3 is 2.45 bits per heavy atom. The fourth-order valence-corrected chi connectivity index (χ4v) is 4.69. The van der Waals surface area contributed by atoms with Crippen LogP contribution in [0.1, 0.15) is 17.5 Å². The van der Waals surface area contributed by atoms with Gasteiger partial charge in [0.15, 0.2) is 0 Å². The minimum absolute atomic E-state index is 0.0445. The smallest absolute Gasteiger partial charge is 0.322 e. The topological polar surface area (TPSA) is 102 Å². The van der Waals surface area contributed by atoms with Crippen molar-refractivity contribution in [3.8, 4) is 5.75 Å². The van der Waals surface area contributed by atoms with E-state index in [1.165, 1.54) is 12.1 Å². The molecule has 156 valence electrons. The van der Waals surface area contributed by atoms with Gasteiger partial charge in [0.1, 0.15) is 11.8 Å². The van der Waals surface area contributed by atoms with Gasteiger partial charge in [0, 0.05) is 5.92 Å². The maximum absolute atomic E-state index is 12.6. The number of carbonyl (C=O) groups is 1. The molecule has 3 atom stereocenters. The van der Waals surface area contributed by atoms with Crippen LogP contribution in [0.3, 0.4) is 0 Å². The second-order valence-electron chi connectivity index (χ2n) is 7.25. The number of methoxy groups -OCH3 is 1. The van der Waals surface area contributed by atoms with Crippen molar-refractivity contribution in [3.63, 3.8) is 0 Å². The third-order valence-electron chi connectivity index (χ3n) is 5.08. The minimum Gasteiger partial charge on any atom is -0.497 e. The quantitative estimate of drug-likeness (QED) is 0.681. The summed E-state index contributed by atoms with van der Waals surface area (Å²) >= 11 is 0. The Hall–Kier alpha value is -2.42. The zero-order valence-corrected chi connectivity index (χ0v) is 17.2. The lowest BCUT2D eigenvalue weighted by atomic mass is 9.95. The van der Waals surface area contributed by atoms with Crippen molar-refractivity contribution in [2.24, 2.45) is 5.92 Å². The molecule has 1 fully saturated rings. The molecule has 2 aromatic rings. The fraction of sp³-hybridized carbons (Fsp3) is 0.381. The number of carboxylic acid groups (broad SMARTS) is 1. The maximum atomic E-state index is 12.6. The van der Waals surface area contributed by atoms with Crippen LogP contribution in [-0.2, 0) is 26.0 Å². The second kappa shape index (κ2) is 8.94. The van der Waals surface area contributed by atoms with E-state index in [-0.39, 0.29) is 17.6 Å². The van der Waals surface area contributed by atoms with Gasteiger partial charge in [-0.1, -0.05) is 29.8 Å². The molecular weight excluding hydrogens is 394 g/mol. The van der Waals surface area contributed by atoms with Gasteiger partial charge in [0.05, 0.1) is 24.7 Å². The summed E-state index contributed by atoms with van der Waals surface area (Å²) in [6.45, 7) is 2.04. The molecule has 2 N–H and O–H groups in total. The average Bonchev–Trinajstić information content (AvgIpc) is 3.15. The molecule has 0 spiro atoms. The molecular formula is C21H25NO6S. The first-order valence-electron chi connectivity index (χ1n) is 9.35. The first kappa shape index (κ1) is 21.3. The summed E-state index contributed by atoms with van der Waals surface area (Å²) in [7, 11) is -2.34. The highest BCUT2D eigenvalue weighted by molar-refractivity contribution is 7.89. The Morgan fingerprint density at radius 1 is 1.21 bits per heavy atom. The third kappa shape index (κ3) is 5.35. The minimum atomic E-state index is -3.94. The number of carboxylic acids is 1. The Morgan fingerprint density at radius 2 is 1.86 bits per heavy atom. The molecule has 0 aromatic heterocycles. The third-order valence-corrected chi connectivity index (χ3v) is 6.54. The summed E-state index contributed by atoms with van der Waals surface area (Å²) in [5, 5.41) is 9.63. The van der Waals surface area contributed by atoms with Crippen LogP contribution < -0.4 is 9.46 Å². The van der Waals surface area contributed by atoms with Crippen LogP contribution in [0.2, 0.25) is 0 Å². The number of sulfonamides is 1. The highest BCUT2D eigenvalue weighted by atomic mass is 32.2. The van der Waals surface area contributed by atoms with Crippen molar-refractivity contribution in [3.05, 3.63) is 59.7 Å².